The average molecular weight is 163 g/mol. The normalized spacial score (nSPS) is 10.4. The molecule has 0 aliphatic heterocycles. The Kier molecular flexibility index (Phi) is 1.68. The SMILES string of the molecule is CONc1ccc2nc[nH]c2c1. The van der Waals surface area contributed by atoms with E-state index < -0.39 is 0 Å². The minimum atomic E-state index is 0.911. The molecule has 0 aliphatic rings. The molecule has 62 valence electrons. The monoisotopic (exact) mass is 163 g/mol. The number of hydrogen-bond donors (Lipinski definition) is 2. The van der Waals surface area contributed by atoms with Crippen molar-refractivity contribution in [3.63, 3.8) is 0 Å². The van der Waals surface area contributed by atoms with Crippen molar-refractivity contribution in [1.82, 2.24) is 9.97 Å². The Morgan fingerprint density at radius 3 is 3.25 bits per heavy atom. The van der Waals surface area contributed by atoms with E-state index in [0.717, 1.165) is 16.7 Å². The van der Waals surface area contributed by atoms with Crippen molar-refractivity contribution in [3.8, 4) is 0 Å². The van der Waals surface area contributed by atoms with Crippen LogP contribution >= 0.6 is 0 Å². The molecule has 0 atom stereocenters. The van der Waals surface area contributed by atoms with Crippen molar-refractivity contribution in [2.75, 3.05) is 12.6 Å². The Hall–Kier alpha value is -1.55. The van der Waals surface area contributed by atoms with Crippen LogP contribution in [0.4, 0.5) is 5.69 Å². The zero-order chi connectivity index (χ0) is 8.39. The minimum Gasteiger partial charge on any atom is -0.345 e. The van der Waals surface area contributed by atoms with E-state index in [4.69, 9.17) is 4.84 Å². The zero-order valence-electron chi connectivity index (χ0n) is 6.66. The number of fused-ring (bicyclic) bond motifs is 1. The minimum absolute atomic E-state index is 0.911. The highest BCUT2D eigenvalue weighted by Crippen LogP contribution is 2.14. The first-order chi connectivity index (χ1) is 5.90. The molecule has 0 saturated heterocycles. The summed E-state index contributed by atoms with van der Waals surface area (Å²) in [6.45, 7) is 0. The third kappa shape index (κ3) is 1.12. The van der Waals surface area contributed by atoms with Crippen LogP contribution in [0.3, 0.4) is 0 Å². The van der Waals surface area contributed by atoms with Gasteiger partial charge in [-0.05, 0) is 18.2 Å². The first-order valence-corrected chi connectivity index (χ1v) is 3.62. The van der Waals surface area contributed by atoms with Crippen molar-refractivity contribution in [2.24, 2.45) is 0 Å². The lowest BCUT2D eigenvalue weighted by Crippen LogP contribution is -1.94. The fourth-order valence-corrected chi connectivity index (χ4v) is 1.12. The molecule has 2 rings (SSSR count). The molecule has 4 heteroatoms. The van der Waals surface area contributed by atoms with Crippen LogP contribution in [0.25, 0.3) is 11.0 Å². The van der Waals surface area contributed by atoms with E-state index in [0.29, 0.717) is 0 Å². The van der Waals surface area contributed by atoms with Crippen LogP contribution in [0.2, 0.25) is 0 Å². The van der Waals surface area contributed by atoms with Crippen LogP contribution in [-0.4, -0.2) is 17.1 Å². The van der Waals surface area contributed by atoms with Gasteiger partial charge in [0, 0.05) is 0 Å². The summed E-state index contributed by atoms with van der Waals surface area (Å²) in [5.41, 5.74) is 5.61. The second-order valence-electron chi connectivity index (χ2n) is 2.44. The molecule has 1 heterocycles. The molecule has 0 fully saturated rings. The number of aromatic nitrogens is 2. The molecule has 0 aliphatic carbocycles. The fourth-order valence-electron chi connectivity index (χ4n) is 1.12. The Bertz CT molecular complexity index is 382. The fraction of sp³-hybridized carbons (Fsp3) is 0.125. The number of nitrogens with one attached hydrogen (secondary N) is 2. The molecule has 0 amide bonds. The molecule has 0 spiro atoms. The van der Waals surface area contributed by atoms with Gasteiger partial charge in [0.15, 0.2) is 0 Å². The van der Waals surface area contributed by atoms with E-state index in [9.17, 15) is 0 Å². The van der Waals surface area contributed by atoms with Crippen molar-refractivity contribution in [1.29, 1.82) is 0 Å². The van der Waals surface area contributed by atoms with Gasteiger partial charge in [0.1, 0.15) is 0 Å². The molecule has 12 heavy (non-hydrogen) atoms. The van der Waals surface area contributed by atoms with Gasteiger partial charge >= 0.3 is 0 Å². The lowest BCUT2D eigenvalue weighted by molar-refractivity contribution is 0.271. The third-order valence-corrected chi connectivity index (χ3v) is 1.64. The van der Waals surface area contributed by atoms with Gasteiger partial charge in [0.25, 0.3) is 0 Å². The number of rotatable bonds is 2. The zero-order valence-corrected chi connectivity index (χ0v) is 6.66. The van der Waals surface area contributed by atoms with Crippen molar-refractivity contribution in [2.45, 2.75) is 0 Å². The van der Waals surface area contributed by atoms with Crippen LogP contribution in [0.5, 0.6) is 0 Å². The number of aromatic amines is 1. The second-order valence-corrected chi connectivity index (χ2v) is 2.44. The van der Waals surface area contributed by atoms with Gasteiger partial charge in [-0.2, -0.15) is 0 Å². The number of hydrogen-bond acceptors (Lipinski definition) is 3. The van der Waals surface area contributed by atoms with Gasteiger partial charge in [-0.1, -0.05) is 0 Å². The van der Waals surface area contributed by atoms with Crippen molar-refractivity contribution < 1.29 is 4.84 Å². The smallest absolute Gasteiger partial charge is 0.0931 e. The lowest BCUT2D eigenvalue weighted by Gasteiger charge is -2.00. The Morgan fingerprint density at radius 2 is 2.42 bits per heavy atom. The number of anilines is 1. The van der Waals surface area contributed by atoms with E-state index in [2.05, 4.69) is 15.4 Å². The van der Waals surface area contributed by atoms with Crippen LogP contribution in [-0.2, 0) is 4.84 Å². The maximum Gasteiger partial charge on any atom is 0.0931 e. The van der Waals surface area contributed by atoms with E-state index >= 15 is 0 Å². The van der Waals surface area contributed by atoms with Crippen LogP contribution < -0.4 is 5.48 Å². The summed E-state index contributed by atoms with van der Waals surface area (Å²) < 4.78 is 0. The van der Waals surface area contributed by atoms with Crippen LogP contribution in [0, 0.1) is 0 Å². The summed E-state index contributed by atoms with van der Waals surface area (Å²) >= 11 is 0. The molecule has 4 nitrogen and oxygen atoms in total. The summed E-state index contributed by atoms with van der Waals surface area (Å²) in [5.74, 6) is 0. The first-order valence-electron chi connectivity index (χ1n) is 3.62. The summed E-state index contributed by atoms with van der Waals surface area (Å²) in [6.07, 6.45) is 1.67. The van der Waals surface area contributed by atoms with E-state index in [1.165, 1.54) is 0 Å². The van der Waals surface area contributed by atoms with Gasteiger partial charge in [-0.15, -0.1) is 0 Å². The number of H-pyrrole nitrogens is 1. The summed E-state index contributed by atoms with van der Waals surface area (Å²) in [7, 11) is 1.58. The van der Waals surface area contributed by atoms with Gasteiger partial charge in [-0.3, -0.25) is 10.3 Å². The van der Waals surface area contributed by atoms with Gasteiger partial charge < -0.3 is 4.98 Å². The number of nitrogens with zero attached hydrogens (tertiary/aromatic N) is 1. The Labute approximate surface area is 69.5 Å². The third-order valence-electron chi connectivity index (χ3n) is 1.64. The number of benzene rings is 1. The molecular formula is C8H9N3O. The van der Waals surface area contributed by atoms with Crippen LogP contribution in [0.1, 0.15) is 0 Å². The summed E-state index contributed by atoms with van der Waals surface area (Å²) in [6, 6.07) is 5.77. The second kappa shape index (κ2) is 2.83. The summed E-state index contributed by atoms with van der Waals surface area (Å²) in [5, 5.41) is 0. The first kappa shape index (κ1) is 7.12. The van der Waals surface area contributed by atoms with E-state index in [1.807, 2.05) is 18.2 Å². The van der Waals surface area contributed by atoms with Gasteiger partial charge in [0.05, 0.1) is 30.2 Å². The topological polar surface area (TPSA) is 49.9 Å². The molecule has 1 aromatic carbocycles. The molecule has 2 aromatic rings. The molecule has 1 aromatic heterocycles. The van der Waals surface area contributed by atoms with Gasteiger partial charge in [0.2, 0.25) is 0 Å². The number of imidazole rings is 1. The molecule has 0 radical (unpaired) electrons. The molecular weight excluding hydrogens is 154 g/mol. The van der Waals surface area contributed by atoms with Crippen LogP contribution in [0.15, 0.2) is 24.5 Å². The van der Waals surface area contributed by atoms with Gasteiger partial charge in [-0.25, -0.2) is 4.98 Å². The van der Waals surface area contributed by atoms with E-state index in [-0.39, 0.29) is 0 Å². The lowest BCUT2D eigenvalue weighted by atomic mass is 10.3. The highest BCUT2D eigenvalue weighted by Gasteiger charge is 1.96. The predicted octanol–water partition coefficient (Wildman–Crippen LogP) is 1.54. The molecule has 0 saturated carbocycles. The maximum absolute atomic E-state index is 4.77. The predicted molar refractivity (Wildman–Crippen MR) is 46.7 cm³/mol. The average Bonchev–Trinajstić information content (AvgIpc) is 2.51. The molecule has 2 N–H and O–H groups in total. The largest absolute Gasteiger partial charge is 0.345 e. The van der Waals surface area contributed by atoms with E-state index in [1.54, 1.807) is 13.4 Å². The Balaban J connectivity index is 2.46. The Morgan fingerprint density at radius 1 is 1.50 bits per heavy atom. The van der Waals surface area contributed by atoms with Crippen molar-refractivity contribution in [3.05, 3.63) is 24.5 Å². The highest BCUT2D eigenvalue weighted by atomic mass is 16.6. The molecule has 0 bridgehead atoms. The highest BCUT2D eigenvalue weighted by molar-refractivity contribution is 5.78. The van der Waals surface area contributed by atoms with Crippen molar-refractivity contribution >= 4 is 16.7 Å². The summed E-state index contributed by atoms with van der Waals surface area (Å²) in [4.78, 5) is 11.9. The quantitative estimate of drug-likeness (QED) is 0.660. The molecule has 0 unspecified atom stereocenters. The standard InChI is InChI=1S/C8H9N3O/c1-12-11-6-2-3-7-8(4-6)10-5-9-7/h2-5,11H,1H3,(H,9,10). The maximum atomic E-state index is 4.77.